The Morgan fingerprint density at radius 1 is 0.841 bits per heavy atom. The van der Waals surface area contributed by atoms with Crippen LogP contribution in [-0.4, -0.2) is 49.2 Å². The Bertz CT molecular complexity index is 1680. The molecule has 0 aromatic heterocycles. The zero-order valence-corrected chi connectivity index (χ0v) is 25.3. The van der Waals surface area contributed by atoms with Gasteiger partial charge in [0, 0.05) is 31.6 Å². The Kier molecular flexibility index (Phi) is 10.5. The van der Waals surface area contributed by atoms with Crippen molar-refractivity contribution in [2.75, 3.05) is 17.4 Å². The number of non-ortho nitro benzene ring substituents is 1. The van der Waals surface area contributed by atoms with Crippen LogP contribution in [0.15, 0.2) is 114 Å². The lowest BCUT2D eigenvalue weighted by Crippen LogP contribution is -2.53. The molecule has 0 aliphatic carbocycles. The van der Waals surface area contributed by atoms with Crippen LogP contribution in [0.1, 0.15) is 23.6 Å². The van der Waals surface area contributed by atoms with Gasteiger partial charge in [0.2, 0.25) is 11.8 Å². The van der Waals surface area contributed by atoms with Crippen LogP contribution in [0, 0.1) is 17.0 Å². The number of nitrogens with one attached hydrogen (secondary N) is 1. The Balaban J connectivity index is 1.79. The van der Waals surface area contributed by atoms with Gasteiger partial charge in [0.05, 0.1) is 15.5 Å². The molecule has 1 atom stereocenters. The molecule has 1 N–H and O–H groups in total. The largest absolute Gasteiger partial charge is 0.355 e. The van der Waals surface area contributed by atoms with Crippen molar-refractivity contribution in [1.29, 1.82) is 0 Å². The molecule has 44 heavy (non-hydrogen) atoms. The van der Waals surface area contributed by atoms with E-state index in [2.05, 4.69) is 5.32 Å². The summed E-state index contributed by atoms with van der Waals surface area (Å²) < 4.78 is 28.8. The van der Waals surface area contributed by atoms with Gasteiger partial charge in [-0.1, -0.05) is 78.4 Å². The first-order valence-corrected chi connectivity index (χ1v) is 15.5. The Hall–Kier alpha value is -5.03. The second kappa shape index (κ2) is 14.4. The summed E-state index contributed by atoms with van der Waals surface area (Å²) in [6.07, 6.45) is 0.202. The van der Waals surface area contributed by atoms with Crippen LogP contribution in [0.4, 0.5) is 11.4 Å². The normalized spacial score (nSPS) is 11.8. The molecule has 2 amide bonds. The van der Waals surface area contributed by atoms with Crippen molar-refractivity contribution in [3.8, 4) is 0 Å². The van der Waals surface area contributed by atoms with Crippen LogP contribution in [0.25, 0.3) is 0 Å². The summed E-state index contributed by atoms with van der Waals surface area (Å²) in [6.45, 7) is 3.47. The number of benzene rings is 4. The Morgan fingerprint density at radius 2 is 1.43 bits per heavy atom. The zero-order valence-electron chi connectivity index (χ0n) is 24.5. The fraction of sp³-hybridized carbons (Fsp3) is 0.212. The molecule has 4 aromatic rings. The van der Waals surface area contributed by atoms with Gasteiger partial charge in [-0.3, -0.25) is 24.0 Å². The molecule has 0 heterocycles. The van der Waals surface area contributed by atoms with Gasteiger partial charge in [-0.15, -0.1) is 0 Å². The molecular formula is C33H34N4O6S. The van der Waals surface area contributed by atoms with E-state index in [9.17, 15) is 28.1 Å². The topological polar surface area (TPSA) is 130 Å². The minimum atomic E-state index is -4.29. The van der Waals surface area contributed by atoms with Crippen molar-refractivity contribution < 1.29 is 22.9 Å². The second-order valence-corrected chi connectivity index (χ2v) is 12.1. The number of amides is 2. The summed E-state index contributed by atoms with van der Waals surface area (Å²) in [7, 11) is -4.29. The quantitative estimate of drug-likeness (QED) is 0.169. The van der Waals surface area contributed by atoms with Gasteiger partial charge in [-0.2, -0.15) is 0 Å². The number of aryl methyl sites for hydroxylation is 1. The molecule has 4 rings (SSSR count). The van der Waals surface area contributed by atoms with E-state index < -0.39 is 33.4 Å². The number of likely N-dealkylation sites (N-methyl/N-ethyl adjacent to an activating group) is 1. The average Bonchev–Trinajstić information content (AvgIpc) is 3.03. The third-order valence-corrected chi connectivity index (χ3v) is 8.84. The molecule has 0 saturated heterocycles. The summed E-state index contributed by atoms with van der Waals surface area (Å²) >= 11 is 0. The standard InChI is InChI=1S/C33H34N4O6S/c1-3-34-33(39)31(22-26-10-6-4-7-11-26)35(23-27-16-14-25(2)15-17-27)32(38)24-36(28-18-20-29(21-19-28)37(40)41)44(42,43)30-12-8-5-9-13-30/h4-21,31H,3,22-24H2,1-2H3,(H,34,39)/t31-/m0/s1. The van der Waals surface area contributed by atoms with Crippen molar-refractivity contribution in [2.24, 2.45) is 0 Å². The maximum Gasteiger partial charge on any atom is 0.269 e. The highest BCUT2D eigenvalue weighted by Crippen LogP contribution is 2.27. The van der Waals surface area contributed by atoms with Gasteiger partial charge in [0.1, 0.15) is 12.6 Å². The van der Waals surface area contributed by atoms with Gasteiger partial charge in [0.15, 0.2) is 0 Å². The van der Waals surface area contributed by atoms with E-state index in [4.69, 9.17) is 0 Å². The van der Waals surface area contributed by atoms with Gasteiger partial charge < -0.3 is 10.2 Å². The molecule has 4 aromatic carbocycles. The van der Waals surface area contributed by atoms with E-state index in [1.165, 1.54) is 41.3 Å². The molecule has 0 aliphatic heterocycles. The lowest BCUT2D eigenvalue weighted by Gasteiger charge is -2.33. The summed E-state index contributed by atoms with van der Waals surface area (Å²) in [6, 6.07) is 28.4. The van der Waals surface area contributed by atoms with Crippen LogP contribution in [-0.2, 0) is 32.6 Å². The number of nitrogens with zero attached hydrogens (tertiary/aromatic N) is 3. The van der Waals surface area contributed by atoms with Crippen LogP contribution < -0.4 is 9.62 Å². The molecule has 0 bridgehead atoms. The molecule has 0 unspecified atom stereocenters. The van der Waals surface area contributed by atoms with Crippen molar-refractivity contribution >= 4 is 33.2 Å². The number of anilines is 1. The van der Waals surface area contributed by atoms with Gasteiger partial charge in [0.25, 0.3) is 15.7 Å². The third kappa shape index (κ3) is 7.87. The number of nitro groups is 1. The molecular weight excluding hydrogens is 580 g/mol. The van der Waals surface area contributed by atoms with Crippen LogP contribution in [0.5, 0.6) is 0 Å². The SMILES string of the molecule is CCNC(=O)[C@H](Cc1ccccc1)N(Cc1ccc(C)cc1)C(=O)CN(c1ccc([N+](=O)[O-])cc1)S(=O)(=O)c1ccccc1. The first-order valence-electron chi connectivity index (χ1n) is 14.1. The minimum Gasteiger partial charge on any atom is -0.355 e. The molecule has 11 heteroatoms. The van der Waals surface area contributed by atoms with E-state index in [1.54, 1.807) is 25.1 Å². The number of hydrogen-bond acceptors (Lipinski definition) is 6. The summed E-state index contributed by atoms with van der Waals surface area (Å²) in [5, 5.41) is 14.1. The maximum absolute atomic E-state index is 14.3. The lowest BCUT2D eigenvalue weighted by molar-refractivity contribution is -0.384. The van der Waals surface area contributed by atoms with Gasteiger partial charge >= 0.3 is 0 Å². The highest BCUT2D eigenvalue weighted by Gasteiger charge is 2.34. The molecule has 10 nitrogen and oxygen atoms in total. The number of nitro benzene ring substituents is 1. The van der Waals surface area contributed by atoms with Crippen molar-refractivity contribution in [3.63, 3.8) is 0 Å². The van der Waals surface area contributed by atoms with Crippen LogP contribution in [0.3, 0.4) is 0 Å². The highest BCUT2D eigenvalue weighted by molar-refractivity contribution is 7.92. The fourth-order valence-corrected chi connectivity index (χ4v) is 6.16. The van der Waals surface area contributed by atoms with Gasteiger partial charge in [-0.05, 0) is 49.2 Å². The summed E-state index contributed by atoms with van der Waals surface area (Å²) in [5.41, 5.74) is 2.46. The second-order valence-electron chi connectivity index (χ2n) is 10.2. The predicted octanol–water partition coefficient (Wildman–Crippen LogP) is 4.87. The minimum absolute atomic E-state index is 0.0488. The molecule has 0 radical (unpaired) electrons. The van der Waals surface area contributed by atoms with E-state index in [0.717, 1.165) is 21.0 Å². The predicted molar refractivity (Wildman–Crippen MR) is 168 cm³/mol. The zero-order chi connectivity index (χ0) is 31.7. The van der Waals surface area contributed by atoms with Crippen molar-refractivity contribution in [3.05, 3.63) is 136 Å². The number of hydrogen-bond donors (Lipinski definition) is 1. The van der Waals surface area contributed by atoms with Crippen LogP contribution >= 0.6 is 0 Å². The van der Waals surface area contributed by atoms with Gasteiger partial charge in [-0.25, -0.2) is 8.42 Å². The molecule has 0 fully saturated rings. The van der Waals surface area contributed by atoms with E-state index in [0.29, 0.717) is 6.54 Å². The highest BCUT2D eigenvalue weighted by atomic mass is 32.2. The summed E-state index contributed by atoms with van der Waals surface area (Å²) in [4.78, 5) is 39.9. The van der Waals surface area contributed by atoms with Crippen LogP contribution in [0.2, 0.25) is 0 Å². The Morgan fingerprint density at radius 3 is 2.00 bits per heavy atom. The number of carbonyl (C=O) groups is 2. The number of carbonyl (C=O) groups excluding carboxylic acids is 2. The monoisotopic (exact) mass is 614 g/mol. The van der Waals surface area contributed by atoms with Crippen molar-refractivity contribution in [1.82, 2.24) is 10.2 Å². The lowest BCUT2D eigenvalue weighted by atomic mass is 10.0. The average molecular weight is 615 g/mol. The fourth-order valence-electron chi connectivity index (χ4n) is 4.73. The van der Waals surface area contributed by atoms with E-state index >= 15 is 0 Å². The van der Waals surface area contributed by atoms with E-state index in [1.807, 2.05) is 61.5 Å². The van der Waals surface area contributed by atoms with E-state index in [-0.39, 0.29) is 35.1 Å². The Labute approximate surface area is 257 Å². The first kappa shape index (κ1) is 31.9. The third-order valence-electron chi connectivity index (χ3n) is 7.05. The number of rotatable bonds is 13. The molecule has 228 valence electrons. The molecule has 0 saturated carbocycles. The summed E-state index contributed by atoms with van der Waals surface area (Å²) in [5.74, 6) is -0.986. The number of sulfonamides is 1. The first-order chi connectivity index (χ1) is 21.1. The molecule has 0 aliphatic rings. The smallest absolute Gasteiger partial charge is 0.269 e. The molecule has 0 spiro atoms. The maximum atomic E-state index is 14.3. The van der Waals surface area contributed by atoms with Crippen molar-refractivity contribution in [2.45, 2.75) is 37.8 Å².